The van der Waals surface area contributed by atoms with E-state index in [2.05, 4.69) is 17.2 Å². The fourth-order valence-electron chi connectivity index (χ4n) is 3.22. The van der Waals surface area contributed by atoms with Gasteiger partial charge in [-0.15, -0.1) is 0 Å². The first-order chi connectivity index (χ1) is 12.5. The molecule has 1 aliphatic rings. The Labute approximate surface area is 159 Å². The number of anilines is 2. The van der Waals surface area contributed by atoms with Gasteiger partial charge in [0.2, 0.25) is 0 Å². The number of likely N-dealkylation sites (tertiary alicyclic amines) is 1. The molecule has 138 valence electrons. The highest BCUT2D eigenvalue weighted by Crippen LogP contribution is 2.33. The third kappa shape index (κ3) is 4.10. The van der Waals surface area contributed by atoms with Crippen LogP contribution in [0.25, 0.3) is 0 Å². The first-order valence-electron chi connectivity index (χ1n) is 8.84. The normalized spacial score (nSPS) is 17.1. The minimum absolute atomic E-state index is 0.00279. The number of nitrogens with one attached hydrogen (secondary N) is 1. The van der Waals surface area contributed by atoms with Crippen molar-refractivity contribution in [2.24, 2.45) is 5.92 Å². The summed E-state index contributed by atoms with van der Waals surface area (Å²) >= 11 is 6.14. The third-order valence-electron chi connectivity index (χ3n) is 4.69. The van der Waals surface area contributed by atoms with E-state index in [0.29, 0.717) is 22.4 Å². The van der Waals surface area contributed by atoms with Crippen molar-refractivity contribution < 1.29 is 9.53 Å². The molecule has 1 unspecified atom stereocenters. The minimum atomic E-state index is 0.00279. The number of hydrogen-bond acceptors (Lipinski definition) is 4. The van der Waals surface area contributed by atoms with Crippen molar-refractivity contribution in [2.75, 3.05) is 25.5 Å². The highest BCUT2D eigenvalue weighted by atomic mass is 35.5. The van der Waals surface area contributed by atoms with Gasteiger partial charge < -0.3 is 15.0 Å². The molecular weight excluding hydrogens is 350 g/mol. The number of ether oxygens (including phenoxy) is 1. The number of rotatable bonds is 4. The van der Waals surface area contributed by atoms with Crippen LogP contribution in [-0.2, 0) is 0 Å². The fraction of sp³-hybridized carbons (Fsp3) is 0.400. The summed E-state index contributed by atoms with van der Waals surface area (Å²) in [5.41, 5.74) is 3.02. The number of benzene rings is 1. The topological polar surface area (TPSA) is 54.5 Å². The average molecular weight is 374 g/mol. The van der Waals surface area contributed by atoms with Crippen molar-refractivity contribution in [3.8, 4) is 5.75 Å². The molecule has 1 atom stereocenters. The number of halogens is 1. The monoisotopic (exact) mass is 373 g/mol. The maximum absolute atomic E-state index is 12.6. The molecule has 0 bridgehead atoms. The second-order valence-electron chi connectivity index (χ2n) is 6.86. The number of amides is 1. The Morgan fingerprint density at radius 2 is 2.19 bits per heavy atom. The number of piperidine rings is 1. The van der Waals surface area contributed by atoms with Crippen LogP contribution in [0.4, 0.5) is 11.4 Å². The molecule has 1 saturated heterocycles. The van der Waals surface area contributed by atoms with Crippen LogP contribution in [0.3, 0.4) is 0 Å². The zero-order valence-corrected chi connectivity index (χ0v) is 16.1. The quantitative estimate of drug-likeness (QED) is 0.846. The lowest BCUT2D eigenvalue weighted by atomic mass is 10.00. The summed E-state index contributed by atoms with van der Waals surface area (Å²) in [6, 6.07) is 7.33. The molecule has 1 N–H and O–H groups in total. The van der Waals surface area contributed by atoms with Crippen molar-refractivity contribution in [1.29, 1.82) is 0 Å². The highest BCUT2D eigenvalue weighted by Gasteiger charge is 2.22. The van der Waals surface area contributed by atoms with E-state index >= 15 is 0 Å². The van der Waals surface area contributed by atoms with E-state index < -0.39 is 0 Å². The lowest BCUT2D eigenvalue weighted by Gasteiger charge is -2.30. The van der Waals surface area contributed by atoms with E-state index in [9.17, 15) is 4.79 Å². The Kier molecular flexibility index (Phi) is 5.67. The molecule has 6 heteroatoms. The predicted octanol–water partition coefficient (Wildman–Crippen LogP) is 4.67. The lowest BCUT2D eigenvalue weighted by molar-refractivity contribution is 0.0677. The zero-order chi connectivity index (χ0) is 18.7. The summed E-state index contributed by atoms with van der Waals surface area (Å²) in [6.07, 6.45) is 3.91. The zero-order valence-electron chi connectivity index (χ0n) is 15.4. The number of carbonyl (C=O) groups excluding carboxylic acids is 1. The van der Waals surface area contributed by atoms with Gasteiger partial charge in [-0.05, 0) is 49.4 Å². The van der Waals surface area contributed by atoms with E-state index in [1.807, 2.05) is 24.0 Å². The second kappa shape index (κ2) is 7.96. The molecule has 1 amide bonds. The molecule has 5 nitrogen and oxygen atoms in total. The summed E-state index contributed by atoms with van der Waals surface area (Å²) in [5.74, 6) is 1.21. The van der Waals surface area contributed by atoms with Gasteiger partial charge >= 0.3 is 0 Å². The number of carbonyl (C=O) groups is 1. The van der Waals surface area contributed by atoms with Crippen LogP contribution in [0.1, 0.15) is 35.8 Å². The molecule has 2 heterocycles. The summed E-state index contributed by atoms with van der Waals surface area (Å²) in [5, 5.41) is 3.93. The Morgan fingerprint density at radius 1 is 1.38 bits per heavy atom. The molecule has 0 saturated carbocycles. The standard InChI is InChI=1S/C20H24ClN3O2/c1-13-5-4-8-24(12-13)20(25)17-7-6-15(11-22-17)23-18-9-14(2)16(21)10-19(18)26-3/h6-7,9-11,13,23H,4-5,8,12H2,1-3H3. The Hall–Kier alpha value is -2.27. The van der Waals surface area contributed by atoms with Crippen LogP contribution in [0.2, 0.25) is 5.02 Å². The van der Waals surface area contributed by atoms with Crippen LogP contribution >= 0.6 is 11.6 Å². The SMILES string of the molecule is COc1cc(Cl)c(C)cc1Nc1ccc(C(=O)N2CCCC(C)C2)nc1. The van der Waals surface area contributed by atoms with E-state index in [1.54, 1.807) is 25.4 Å². The second-order valence-corrected chi connectivity index (χ2v) is 7.26. The van der Waals surface area contributed by atoms with Gasteiger partial charge in [0.05, 0.1) is 24.7 Å². The molecule has 1 aliphatic heterocycles. The smallest absolute Gasteiger partial charge is 0.272 e. The summed E-state index contributed by atoms with van der Waals surface area (Å²) in [4.78, 5) is 18.9. The predicted molar refractivity (Wildman–Crippen MR) is 105 cm³/mol. The Morgan fingerprint density at radius 3 is 2.85 bits per heavy atom. The van der Waals surface area contributed by atoms with E-state index in [1.165, 1.54) is 6.42 Å². The van der Waals surface area contributed by atoms with Gasteiger partial charge in [-0.3, -0.25) is 4.79 Å². The van der Waals surface area contributed by atoms with Gasteiger partial charge in [0.1, 0.15) is 11.4 Å². The molecule has 1 aromatic heterocycles. The van der Waals surface area contributed by atoms with Gasteiger partial charge in [0, 0.05) is 24.2 Å². The number of hydrogen-bond donors (Lipinski definition) is 1. The van der Waals surface area contributed by atoms with Crippen LogP contribution in [0.15, 0.2) is 30.5 Å². The average Bonchev–Trinajstić information content (AvgIpc) is 2.64. The van der Waals surface area contributed by atoms with Crippen molar-refractivity contribution in [3.63, 3.8) is 0 Å². The molecule has 3 rings (SSSR count). The molecule has 0 radical (unpaired) electrons. The van der Waals surface area contributed by atoms with Crippen LogP contribution in [0, 0.1) is 12.8 Å². The first kappa shape index (κ1) is 18.5. The maximum atomic E-state index is 12.6. The molecule has 1 aromatic carbocycles. The molecule has 0 aliphatic carbocycles. The fourth-order valence-corrected chi connectivity index (χ4v) is 3.37. The minimum Gasteiger partial charge on any atom is -0.495 e. The first-order valence-corrected chi connectivity index (χ1v) is 9.22. The largest absolute Gasteiger partial charge is 0.495 e. The lowest BCUT2D eigenvalue weighted by Crippen LogP contribution is -2.39. The van der Waals surface area contributed by atoms with Gasteiger partial charge in [-0.25, -0.2) is 4.98 Å². The van der Waals surface area contributed by atoms with Gasteiger partial charge in [0.15, 0.2) is 0 Å². The van der Waals surface area contributed by atoms with E-state index in [-0.39, 0.29) is 5.91 Å². The van der Waals surface area contributed by atoms with Crippen LogP contribution < -0.4 is 10.1 Å². The number of pyridine rings is 1. The van der Waals surface area contributed by atoms with E-state index in [0.717, 1.165) is 36.4 Å². The molecular formula is C20H24ClN3O2. The Balaban J connectivity index is 1.74. The number of aryl methyl sites for hydroxylation is 1. The molecule has 1 fully saturated rings. The van der Waals surface area contributed by atoms with Gasteiger partial charge in [-0.1, -0.05) is 18.5 Å². The summed E-state index contributed by atoms with van der Waals surface area (Å²) in [6.45, 7) is 5.74. The highest BCUT2D eigenvalue weighted by molar-refractivity contribution is 6.31. The van der Waals surface area contributed by atoms with Gasteiger partial charge in [0.25, 0.3) is 5.91 Å². The third-order valence-corrected chi connectivity index (χ3v) is 5.09. The molecule has 26 heavy (non-hydrogen) atoms. The molecule has 0 spiro atoms. The van der Waals surface area contributed by atoms with Crippen LogP contribution in [-0.4, -0.2) is 36.0 Å². The summed E-state index contributed by atoms with van der Waals surface area (Å²) in [7, 11) is 1.60. The number of nitrogens with zero attached hydrogens (tertiary/aromatic N) is 2. The number of aromatic nitrogens is 1. The van der Waals surface area contributed by atoms with Crippen LogP contribution in [0.5, 0.6) is 5.75 Å². The van der Waals surface area contributed by atoms with Crippen molar-refractivity contribution in [2.45, 2.75) is 26.7 Å². The van der Waals surface area contributed by atoms with E-state index in [4.69, 9.17) is 16.3 Å². The van der Waals surface area contributed by atoms with Crippen molar-refractivity contribution in [3.05, 3.63) is 46.7 Å². The molecule has 2 aromatic rings. The maximum Gasteiger partial charge on any atom is 0.272 e. The van der Waals surface area contributed by atoms with Crippen molar-refractivity contribution in [1.82, 2.24) is 9.88 Å². The van der Waals surface area contributed by atoms with Gasteiger partial charge in [-0.2, -0.15) is 0 Å². The van der Waals surface area contributed by atoms with Crippen molar-refractivity contribution >= 4 is 28.9 Å². The number of methoxy groups -OCH3 is 1. The Bertz CT molecular complexity index is 792. The summed E-state index contributed by atoms with van der Waals surface area (Å²) < 4.78 is 5.38.